The molecule has 1 atom stereocenters. The van der Waals surface area contributed by atoms with E-state index in [0.717, 1.165) is 31.7 Å². The zero-order valence-electron chi connectivity index (χ0n) is 9.89. The third kappa shape index (κ3) is 2.47. The van der Waals surface area contributed by atoms with Crippen LogP contribution in [0.5, 0.6) is 0 Å². The van der Waals surface area contributed by atoms with Crippen LogP contribution in [0, 0.1) is 5.92 Å². The Morgan fingerprint density at radius 3 is 3.00 bits per heavy atom. The molecule has 0 radical (unpaired) electrons. The number of ketones is 1. The van der Waals surface area contributed by atoms with Crippen LogP contribution >= 0.6 is 0 Å². The van der Waals surface area contributed by atoms with E-state index in [-0.39, 0.29) is 5.92 Å². The number of rotatable bonds is 3. The molecule has 0 aromatic carbocycles. The molecule has 1 unspecified atom stereocenters. The number of likely N-dealkylation sites (tertiary alicyclic amines) is 1. The van der Waals surface area contributed by atoms with Crippen molar-refractivity contribution in [2.75, 3.05) is 13.1 Å². The van der Waals surface area contributed by atoms with Gasteiger partial charge in [-0.25, -0.2) is 0 Å². The minimum absolute atomic E-state index is 0.213. The average Bonchev–Trinajstić information content (AvgIpc) is 2.67. The van der Waals surface area contributed by atoms with Crippen LogP contribution in [0.1, 0.15) is 25.5 Å². The lowest BCUT2D eigenvalue weighted by atomic mass is 9.94. The molecule has 1 aliphatic rings. The lowest BCUT2D eigenvalue weighted by Crippen LogP contribution is -2.40. The molecule has 0 saturated carbocycles. The quantitative estimate of drug-likeness (QED) is 0.752. The summed E-state index contributed by atoms with van der Waals surface area (Å²) in [5.41, 5.74) is 0.978. The number of aromatic nitrogens is 3. The average molecular weight is 222 g/mol. The van der Waals surface area contributed by atoms with E-state index in [1.54, 1.807) is 4.68 Å². The van der Waals surface area contributed by atoms with E-state index in [1.165, 1.54) is 0 Å². The standard InChI is InChI=1S/C11H18N4O/c1-3-9-6-15(5-4-11(9)16)8-10-7-14(2)13-12-10/h7,9H,3-6,8H2,1-2H3. The minimum atomic E-state index is 0.213. The second-order valence-corrected chi connectivity index (χ2v) is 4.44. The van der Waals surface area contributed by atoms with Crippen LogP contribution in [0.3, 0.4) is 0 Å². The van der Waals surface area contributed by atoms with Crippen LogP contribution in [0.25, 0.3) is 0 Å². The molecule has 2 rings (SSSR count). The fraction of sp³-hybridized carbons (Fsp3) is 0.727. The van der Waals surface area contributed by atoms with Crippen molar-refractivity contribution in [1.82, 2.24) is 19.9 Å². The molecular weight excluding hydrogens is 204 g/mol. The maximum atomic E-state index is 11.6. The van der Waals surface area contributed by atoms with Crippen molar-refractivity contribution in [2.24, 2.45) is 13.0 Å². The van der Waals surface area contributed by atoms with E-state index >= 15 is 0 Å². The van der Waals surface area contributed by atoms with Gasteiger partial charge in [0.2, 0.25) is 0 Å². The summed E-state index contributed by atoms with van der Waals surface area (Å²) in [6.45, 7) is 4.60. The number of hydrogen-bond acceptors (Lipinski definition) is 4. The zero-order valence-corrected chi connectivity index (χ0v) is 9.89. The molecule has 2 heterocycles. The highest BCUT2D eigenvalue weighted by atomic mass is 16.1. The lowest BCUT2D eigenvalue weighted by molar-refractivity contribution is -0.126. The molecule has 1 aliphatic heterocycles. The largest absolute Gasteiger partial charge is 0.299 e. The first kappa shape index (κ1) is 11.3. The molecule has 1 aromatic heterocycles. The molecule has 0 N–H and O–H groups in total. The van der Waals surface area contributed by atoms with Crippen molar-refractivity contribution < 1.29 is 4.79 Å². The lowest BCUT2D eigenvalue weighted by Gasteiger charge is -2.30. The molecular formula is C11H18N4O. The van der Waals surface area contributed by atoms with Crippen molar-refractivity contribution in [3.05, 3.63) is 11.9 Å². The van der Waals surface area contributed by atoms with Gasteiger partial charge in [-0.3, -0.25) is 14.4 Å². The highest BCUT2D eigenvalue weighted by Gasteiger charge is 2.25. The molecule has 5 heteroatoms. The third-order valence-electron chi connectivity index (χ3n) is 3.14. The summed E-state index contributed by atoms with van der Waals surface area (Å²) in [6, 6.07) is 0. The number of Topliss-reactive ketones (excluding diaryl/α,β-unsaturated/α-hetero) is 1. The van der Waals surface area contributed by atoms with Gasteiger partial charge in [0.25, 0.3) is 0 Å². The summed E-state index contributed by atoms with van der Waals surface area (Å²) in [5, 5.41) is 7.98. The molecule has 1 aromatic rings. The van der Waals surface area contributed by atoms with Crippen LogP contribution in [0.4, 0.5) is 0 Å². The van der Waals surface area contributed by atoms with Gasteiger partial charge in [0.05, 0.1) is 5.69 Å². The molecule has 16 heavy (non-hydrogen) atoms. The first-order valence-electron chi connectivity index (χ1n) is 5.79. The number of nitrogens with zero attached hydrogens (tertiary/aromatic N) is 4. The molecule has 0 spiro atoms. The fourth-order valence-corrected chi connectivity index (χ4v) is 2.17. The molecule has 88 valence electrons. The number of carbonyl (C=O) groups is 1. The molecule has 1 fully saturated rings. The van der Waals surface area contributed by atoms with E-state index in [1.807, 2.05) is 13.2 Å². The summed E-state index contributed by atoms with van der Waals surface area (Å²) in [4.78, 5) is 13.9. The Hall–Kier alpha value is -1.23. The van der Waals surface area contributed by atoms with E-state index in [9.17, 15) is 4.79 Å². The van der Waals surface area contributed by atoms with Crippen molar-refractivity contribution in [1.29, 1.82) is 0 Å². The van der Waals surface area contributed by atoms with Gasteiger partial charge in [-0.2, -0.15) is 0 Å². The Kier molecular flexibility index (Phi) is 3.33. The predicted molar refractivity (Wildman–Crippen MR) is 59.7 cm³/mol. The topological polar surface area (TPSA) is 51.0 Å². The SMILES string of the molecule is CCC1CN(Cc2cn(C)nn2)CCC1=O. The first-order chi connectivity index (χ1) is 7.69. The molecule has 0 aliphatic carbocycles. The van der Waals surface area contributed by atoms with Crippen molar-refractivity contribution in [2.45, 2.75) is 26.3 Å². The Morgan fingerprint density at radius 2 is 2.38 bits per heavy atom. The summed E-state index contributed by atoms with van der Waals surface area (Å²) < 4.78 is 1.71. The monoisotopic (exact) mass is 222 g/mol. The van der Waals surface area contributed by atoms with Crippen molar-refractivity contribution in [3.63, 3.8) is 0 Å². The van der Waals surface area contributed by atoms with Gasteiger partial charge in [0.1, 0.15) is 5.78 Å². The van der Waals surface area contributed by atoms with E-state index in [0.29, 0.717) is 12.2 Å². The second kappa shape index (κ2) is 4.74. The van der Waals surface area contributed by atoms with Crippen LogP contribution in [0.2, 0.25) is 0 Å². The molecule has 5 nitrogen and oxygen atoms in total. The summed E-state index contributed by atoms with van der Waals surface area (Å²) in [5.74, 6) is 0.628. The van der Waals surface area contributed by atoms with Crippen LogP contribution in [-0.2, 0) is 18.4 Å². The molecule has 0 amide bonds. The van der Waals surface area contributed by atoms with Crippen LogP contribution in [-0.4, -0.2) is 38.8 Å². The Morgan fingerprint density at radius 1 is 1.56 bits per heavy atom. The fourth-order valence-electron chi connectivity index (χ4n) is 2.17. The number of carbonyl (C=O) groups excluding carboxylic acids is 1. The predicted octanol–water partition coefficient (Wildman–Crippen LogP) is 0.616. The number of hydrogen-bond donors (Lipinski definition) is 0. The minimum Gasteiger partial charge on any atom is -0.299 e. The normalized spacial score (nSPS) is 22.6. The van der Waals surface area contributed by atoms with Crippen molar-refractivity contribution >= 4 is 5.78 Å². The van der Waals surface area contributed by atoms with Crippen LogP contribution < -0.4 is 0 Å². The van der Waals surface area contributed by atoms with Gasteiger partial charge in [-0.1, -0.05) is 12.1 Å². The third-order valence-corrected chi connectivity index (χ3v) is 3.14. The van der Waals surface area contributed by atoms with Gasteiger partial charge in [-0.15, -0.1) is 5.10 Å². The Balaban J connectivity index is 1.93. The summed E-state index contributed by atoms with van der Waals surface area (Å²) in [7, 11) is 1.87. The number of aryl methyl sites for hydroxylation is 1. The molecule has 0 bridgehead atoms. The summed E-state index contributed by atoms with van der Waals surface area (Å²) in [6.07, 6.45) is 3.55. The highest BCUT2D eigenvalue weighted by Crippen LogP contribution is 2.17. The van der Waals surface area contributed by atoms with Gasteiger partial charge in [0.15, 0.2) is 0 Å². The summed E-state index contributed by atoms with van der Waals surface area (Å²) >= 11 is 0. The van der Waals surface area contributed by atoms with E-state index in [4.69, 9.17) is 0 Å². The number of piperidine rings is 1. The molecule has 1 saturated heterocycles. The van der Waals surface area contributed by atoms with E-state index < -0.39 is 0 Å². The first-order valence-corrected chi connectivity index (χ1v) is 5.79. The smallest absolute Gasteiger partial charge is 0.138 e. The maximum absolute atomic E-state index is 11.6. The van der Waals surface area contributed by atoms with Gasteiger partial charge in [0, 0.05) is 45.2 Å². The zero-order chi connectivity index (χ0) is 11.5. The van der Waals surface area contributed by atoms with Gasteiger partial charge < -0.3 is 0 Å². The van der Waals surface area contributed by atoms with Gasteiger partial charge in [-0.05, 0) is 6.42 Å². The van der Waals surface area contributed by atoms with Gasteiger partial charge >= 0.3 is 0 Å². The highest BCUT2D eigenvalue weighted by molar-refractivity contribution is 5.82. The van der Waals surface area contributed by atoms with Crippen molar-refractivity contribution in [3.8, 4) is 0 Å². The maximum Gasteiger partial charge on any atom is 0.138 e. The Labute approximate surface area is 95.4 Å². The van der Waals surface area contributed by atoms with E-state index in [2.05, 4.69) is 22.1 Å². The Bertz CT molecular complexity index is 374. The second-order valence-electron chi connectivity index (χ2n) is 4.44. The van der Waals surface area contributed by atoms with Crippen LogP contribution in [0.15, 0.2) is 6.20 Å².